The molecule has 0 aliphatic carbocycles. The number of rotatable bonds is 22. The Labute approximate surface area is 390 Å². The number of amides is 4. The molecule has 0 saturated carbocycles. The maximum atomic E-state index is 12.2. The molecule has 0 aliphatic heterocycles. The monoisotopic (exact) mass is 1250 g/mol. The van der Waals surface area contributed by atoms with Gasteiger partial charge in [0, 0.05) is 0 Å². The van der Waals surface area contributed by atoms with Crippen LogP contribution in [0.1, 0.15) is 0 Å². The summed E-state index contributed by atoms with van der Waals surface area (Å²) in [5, 5.41) is 11.2. The van der Waals surface area contributed by atoms with Gasteiger partial charge in [0.2, 0.25) is 0 Å². The standard InChI is InChI=1S/4C11H11NO2.C6H4.2Bi/c4*1-2-3-4-11(14)12-9-5-7-10(13)8-6-9;1-2-4-6-5-3-1;;/h4*2-8,13H,1H2,(H,12,14);1-2,5-6H;;/q;;;;;2*+2/p-4. The van der Waals surface area contributed by atoms with Gasteiger partial charge in [-0.1, -0.05) is 0 Å². The Morgan fingerprint density at radius 1 is 0.344 bits per heavy atom. The second-order valence-corrected chi connectivity index (χ2v) is 23.7. The van der Waals surface area contributed by atoms with Crippen molar-refractivity contribution < 1.29 is 30.4 Å². The maximum absolute atomic E-state index is 12.2. The Bertz CT molecular complexity index is 2200. The first-order valence-electron chi connectivity index (χ1n) is 19.4. The Morgan fingerprint density at radius 2 is 0.547 bits per heavy atom. The van der Waals surface area contributed by atoms with E-state index in [0.29, 0.717) is 45.7 Å². The summed E-state index contributed by atoms with van der Waals surface area (Å²) in [5.74, 6) is 1.03. The third-order valence-corrected chi connectivity index (χ3v) is 19.5. The van der Waals surface area contributed by atoms with Crippen LogP contribution in [0.25, 0.3) is 0 Å². The Hall–Kier alpha value is -7.13. The summed E-state index contributed by atoms with van der Waals surface area (Å²) in [6.07, 6.45) is 17.8. The molecule has 4 N–H and O–H groups in total. The molecule has 5 rings (SSSR count). The number of benzene rings is 5. The third kappa shape index (κ3) is 16.3. The molecular formula is C50H44Bi2N4O8. The second-order valence-electron chi connectivity index (χ2n) is 12.8. The van der Waals surface area contributed by atoms with Crippen molar-refractivity contribution in [2.45, 2.75) is 0 Å². The van der Waals surface area contributed by atoms with E-state index in [4.69, 9.17) is 11.3 Å². The molecule has 0 unspecified atom stereocenters. The van der Waals surface area contributed by atoms with Gasteiger partial charge >= 0.3 is 393 Å². The average Bonchev–Trinajstić information content (AvgIpc) is 3.31. The van der Waals surface area contributed by atoms with Gasteiger partial charge in [-0.3, -0.25) is 0 Å². The average molecular weight is 1250 g/mol. The molecule has 0 heterocycles. The quantitative estimate of drug-likeness (QED) is 0.0308. The van der Waals surface area contributed by atoms with Crippen molar-refractivity contribution in [1.82, 2.24) is 0 Å². The summed E-state index contributed by atoms with van der Waals surface area (Å²) in [6.45, 7) is 14.4. The molecule has 5 aromatic rings. The van der Waals surface area contributed by atoms with Crippen LogP contribution in [0.3, 0.4) is 0 Å². The van der Waals surface area contributed by atoms with Crippen molar-refractivity contribution >= 4 is 98.2 Å². The molecule has 4 amide bonds. The first-order chi connectivity index (χ1) is 31.1. The van der Waals surface area contributed by atoms with Crippen LogP contribution in [0.5, 0.6) is 23.0 Å². The van der Waals surface area contributed by atoms with E-state index in [0.717, 1.165) is 6.54 Å². The number of hydrogen-bond donors (Lipinski definition) is 4. The summed E-state index contributed by atoms with van der Waals surface area (Å²) in [4.78, 5) is 48.9. The van der Waals surface area contributed by atoms with Crippen LogP contribution in [0.15, 0.2) is 221 Å². The van der Waals surface area contributed by atoms with Crippen LogP contribution in [-0.2, 0) is 19.2 Å². The fourth-order valence-corrected chi connectivity index (χ4v) is 14.9. The van der Waals surface area contributed by atoms with Crippen LogP contribution in [-0.4, -0.2) is 68.9 Å². The first-order valence-corrected chi connectivity index (χ1v) is 28.5. The SMILES string of the molecule is C=CC=CC(=O)Nc1ccc([O][Bi]([O]c2ccc(NC(=O)C=CC=C)cc2)[c]2cc[c]([Bi]([O]c3ccc(NC(=O)C=CC=C)cc3)[O]c3ccc(NC(=O)C=CC=C)cc3)cc2)cc1. The van der Waals surface area contributed by atoms with Crippen molar-refractivity contribution in [2.24, 2.45) is 0 Å². The minimum atomic E-state index is -3.62. The van der Waals surface area contributed by atoms with E-state index in [9.17, 15) is 19.2 Å². The predicted octanol–water partition coefficient (Wildman–Crippen LogP) is 8.12. The summed E-state index contributed by atoms with van der Waals surface area (Å²) in [6, 6.07) is 35.9. The van der Waals surface area contributed by atoms with Crippen LogP contribution >= 0.6 is 0 Å². The Kier molecular flexibility index (Phi) is 19.3. The molecule has 64 heavy (non-hydrogen) atoms. The van der Waals surface area contributed by atoms with Gasteiger partial charge in [0.05, 0.1) is 0 Å². The van der Waals surface area contributed by atoms with E-state index >= 15 is 0 Å². The van der Waals surface area contributed by atoms with Gasteiger partial charge < -0.3 is 0 Å². The second kappa shape index (κ2) is 25.7. The summed E-state index contributed by atoms with van der Waals surface area (Å²) < 4.78 is 28.2. The Balaban J connectivity index is 1.41. The first kappa shape index (κ1) is 47.9. The molecule has 0 aliphatic rings. The zero-order chi connectivity index (χ0) is 45.5. The van der Waals surface area contributed by atoms with E-state index in [1.165, 1.54) is 48.6 Å². The van der Waals surface area contributed by atoms with Gasteiger partial charge in [-0.15, -0.1) is 0 Å². The number of hydrogen-bond acceptors (Lipinski definition) is 8. The predicted molar refractivity (Wildman–Crippen MR) is 257 cm³/mol. The molecule has 0 bridgehead atoms. The van der Waals surface area contributed by atoms with Crippen LogP contribution in [0.2, 0.25) is 0 Å². The van der Waals surface area contributed by atoms with Crippen LogP contribution in [0.4, 0.5) is 22.7 Å². The van der Waals surface area contributed by atoms with E-state index in [2.05, 4.69) is 47.6 Å². The molecule has 14 heteroatoms. The summed E-state index contributed by atoms with van der Waals surface area (Å²) >= 11 is -7.24. The van der Waals surface area contributed by atoms with Crippen molar-refractivity contribution in [3.63, 3.8) is 0 Å². The van der Waals surface area contributed by atoms with E-state index in [-0.39, 0.29) is 23.6 Å². The van der Waals surface area contributed by atoms with Gasteiger partial charge in [-0.2, -0.15) is 0 Å². The van der Waals surface area contributed by atoms with Crippen molar-refractivity contribution in [3.05, 3.63) is 221 Å². The van der Waals surface area contributed by atoms with Gasteiger partial charge in [-0.05, 0) is 0 Å². The van der Waals surface area contributed by atoms with Crippen molar-refractivity contribution in [2.75, 3.05) is 21.3 Å². The molecule has 0 spiro atoms. The molecule has 0 radical (unpaired) electrons. The Morgan fingerprint density at radius 3 is 0.734 bits per heavy atom. The molecule has 12 nitrogen and oxygen atoms in total. The van der Waals surface area contributed by atoms with Gasteiger partial charge in [-0.25, -0.2) is 0 Å². The van der Waals surface area contributed by atoms with Crippen LogP contribution < -0.4 is 39.1 Å². The molecule has 5 aromatic carbocycles. The van der Waals surface area contributed by atoms with Crippen molar-refractivity contribution in [3.8, 4) is 23.0 Å². The normalized spacial score (nSPS) is 11.0. The van der Waals surface area contributed by atoms with Gasteiger partial charge in [0.15, 0.2) is 0 Å². The molecule has 0 atom stereocenters. The molecule has 0 saturated heterocycles. The summed E-state index contributed by atoms with van der Waals surface area (Å²) in [5.41, 5.74) is 2.34. The number of anilines is 4. The number of allylic oxidation sites excluding steroid dienone is 8. The van der Waals surface area contributed by atoms with Gasteiger partial charge in [0.25, 0.3) is 0 Å². The van der Waals surface area contributed by atoms with Crippen molar-refractivity contribution in [1.29, 1.82) is 0 Å². The molecule has 322 valence electrons. The topological polar surface area (TPSA) is 153 Å². The molecule has 0 fully saturated rings. The van der Waals surface area contributed by atoms with E-state index in [1.807, 2.05) is 24.3 Å². The fraction of sp³-hybridized carbons (Fsp3) is 0. The molecule has 0 aromatic heterocycles. The van der Waals surface area contributed by atoms with Gasteiger partial charge in [0.1, 0.15) is 0 Å². The van der Waals surface area contributed by atoms with E-state index < -0.39 is 45.3 Å². The van der Waals surface area contributed by atoms with E-state index in [1.54, 1.807) is 121 Å². The number of carbonyl (C=O) groups is 4. The third-order valence-electron chi connectivity index (χ3n) is 8.05. The number of carbonyl (C=O) groups excluding carboxylic acids is 4. The van der Waals surface area contributed by atoms with Crippen LogP contribution in [0, 0.1) is 0 Å². The zero-order valence-electron chi connectivity index (χ0n) is 34.5. The molecular weight excluding hydrogens is 1200 g/mol. The minimum absolute atomic E-state index is 0.294. The zero-order valence-corrected chi connectivity index (χ0v) is 41.4. The fourth-order valence-electron chi connectivity index (χ4n) is 5.08. The number of nitrogens with one attached hydrogen (secondary N) is 4. The summed E-state index contributed by atoms with van der Waals surface area (Å²) in [7, 11) is 0.